The summed E-state index contributed by atoms with van der Waals surface area (Å²) in [5.74, 6) is 0. The van der Waals surface area contributed by atoms with Gasteiger partial charge in [-0.1, -0.05) is 53.6 Å². The second kappa shape index (κ2) is 9.64. The second-order valence-corrected chi connectivity index (χ2v) is 6.95. The summed E-state index contributed by atoms with van der Waals surface area (Å²) < 4.78 is 0. The largest absolute Gasteiger partial charge is 2.00 e. The van der Waals surface area contributed by atoms with Crippen molar-refractivity contribution in [2.24, 2.45) is 4.99 Å². The summed E-state index contributed by atoms with van der Waals surface area (Å²) in [6.07, 6.45) is 3.70. The van der Waals surface area contributed by atoms with E-state index in [4.69, 9.17) is 4.99 Å². The van der Waals surface area contributed by atoms with Crippen molar-refractivity contribution >= 4 is 22.7 Å². The minimum atomic E-state index is 0. The molecule has 1 aromatic heterocycles. The molecule has 2 nitrogen and oxygen atoms in total. The summed E-state index contributed by atoms with van der Waals surface area (Å²) in [6, 6.07) is 39.2. The molecule has 150 valence electrons. The third kappa shape index (κ3) is 4.55. The summed E-state index contributed by atoms with van der Waals surface area (Å²) in [7, 11) is 0. The average molecular weight is 578 g/mol. The first-order valence-corrected chi connectivity index (χ1v) is 9.85. The SMILES string of the molecule is [Pt+2].[c-]1ccccc1-c1ccccc1N=Cc1[c-]c(-c2nccc3ccccc23)ccc1. The third-order valence-electron chi connectivity index (χ3n) is 4.99. The van der Waals surface area contributed by atoms with Crippen LogP contribution in [0.4, 0.5) is 5.69 Å². The Hall–Kier alpha value is -3.35. The maximum Gasteiger partial charge on any atom is 2.00 e. The average Bonchev–Trinajstić information content (AvgIpc) is 2.83. The van der Waals surface area contributed by atoms with Crippen LogP contribution in [-0.2, 0) is 21.1 Å². The number of aromatic nitrogens is 1. The number of benzene rings is 4. The van der Waals surface area contributed by atoms with Crippen LogP contribution >= 0.6 is 0 Å². The van der Waals surface area contributed by atoms with Crippen molar-refractivity contribution in [3.8, 4) is 22.4 Å². The molecule has 0 radical (unpaired) electrons. The van der Waals surface area contributed by atoms with Crippen LogP contribution < -0.4 is 0 Å². The predicted molar refractivity (Wildman–Crippen MR) is 124 cm³/mol. The van der Waals surface area contributed by atoms with Gasteiger partial charge in [-0.3, -0.25) is 4.98 Å². The number of pyridine rings is 1. The van der Waals surface area contributed by atoms with Gasteiger partial charge < -0.3 is 4.99 Å². The van der Waals surface area contributed by atoms with Gasteiger partial charge in [0.2, 0.25) is 0 Å². The van der Waals surface area contributed by atoms with E-state index in [1.54, 1.807) is 0 Å². The zero-order chi connectivity index (χ0) is 20.2. The van der Waals surface area contributed by atoms with E-state index in [2.05, 4.69) is 35.3 Å². The maximum atomic E-state index is 4.75. The summed E-state index contributed by atoms with van der Waals surface area (Å²) in [6.45, 7) is 0. The molecule has 1 heterocycles. The molecule has 0 atom stereocenters. The van der Waals surface area contributed by atoms with Crippen LogP contribution in [0.1, 0.15) is 5.56 Å². The van der Waals surface area contributed by atoms with E-state index in [1.165, 1.54) is 5.39 Å². The maximum absolute atomic E-state index is 4.75. The standard InChI is InChI=1S/C28H18N2.Pt/c1-2-10-22(11-3-1)25-14-6-7-16-27(25)30-20-21-9-8-13-24(19-21)28-26-15-5-4-12-23(26)17-18-29-28;/h1-10,12-18,20H;/q-2;+2. The quantitative estimate of drug-likeness (QED) is 0.168. The molecule has 0 N–H and O–H groups in total. The van der Waals surface area contributed by atoms with Gasteiger partial charge in [-0.15, -0.1) is 65.7 Å². The van der Waals surface area contributed by atoms with Gasteiger partial charge in [-0.25, -0.2) is 0 Å². The number of rotatable bonds is 4. The number of fused-ring (bicyclic) bond motifs is 1. The fourth-order valence-electron chi connectivity index (χ4n) is 3.55. The number of nitrogens with zero attached hydrogens (tertiary/aromatic N) is 2. The van der Waals surface area contributed by atoms with Crippen molar-refractivity contribution in [3.05, 3.63) is 121 Å². The molecule has 3 heteroatoms. The Kier molecular flexibility index (Phi) is 6.50. The van der Waals surface area contributed by atoms with E-state index in [0.29, 0.717) is 0 Å². The van der Waals surface area contributed by atoms with Crippen molar-refractivity contribution in [2.75, 3.05) is 0 Å². The minimum Gasteiger partial charge on any atom is -0.304 e. The molecule has 4 aromatic carbocycles. The number of hydrogen-bond acceptors (Lipinski definition) is 2. The molecule has 5 aromatic rings. The fraction of sp³-hybridized carbons (Fsp3) is 0. The topological polar surface area (TPSA) is 25.2 Å². The third-order valence-corrected chi connectivity index (χ3v) is 4.99. The predicted octanol–water partition coefficient (Wildman–Crippen LogP) is 6.92. The Morgan fingerprint density at radius 1 is 0.742 bits per heavy atom. The van der Waals surface area contributed by atoms with Crippen LogP contribution in [0, 0.1) is 12.1 Å². The molecule has 0 aliphatic rings. The Bertz CT molecular complexity index is 1340. The Balaban J connectivity index is 0.00000231. The van der Waals surface area contributed by atoms with Crippen LogP contribution in [0.3, 0.4) is 0 Å². The van der Waals surface area contributed by atoms with Gasteiger partial charge in [-0.05, 0) is 29.1 Å². The molecule has 31 heavy (non-hydrogen) atoms. The van der Waals surface area contributed by atoms with Gasteiger partial charge in [0.1, 0.15) is 0 Å². The molecule has 0 amide bonds. The molecule has 0 aliphatic carbocycles. The Morgan fingerprint density at radius 2 is 1.55 bits per heavy atom. The molecule has 0 unspecified atom stereocenters. The van der Waals surface area contributed by atoms with Crippen LogP contribution in [0.2, 0.25) is 0 Å². The molecule has 0 fully saturated rings. The molecular weight excluding hydrogens is 559 g/mol. The van der Waals surface area contributed by atoms with Crippen LogP contribution in [-0.4, -0.2) is 11.2 Å². The first-order valence-electron chi connectivity index (χ1n) is 9.85. The molecule has 0 spiro atoms. The first kappa shape index (κ1) is 20.9. The van der Waals surface area contributed by atoms with E-state index in [9.17, 15) is 0 Å². The van der Waals surface area contributed by atoms with Crippen molar-refractivity contribution in [1.82, 2.24) is 4.98 Å². The molecular formula is C28H18N2Pt. The number of para-hydroxylation sites is 1. The fourth-order valence-corrected chi connectivity index (χ4v) is 3.55. The van der Waals surface area contributed by atoms with Gasteiger partial charge >= 0.3 is 21.1 Å². The van der Waals surface area contributed by atoms with E-state index < -0.39 is 0 Å². The van der Waals surface area contributed by atoms with E-state index in [1.807, 2.05) is 91.3 Å². The Labute approximate surface area is 196 Å². The van der Waals surface area contributed by atoms with Gasteiger partial charge in [0.05, 0.1) is 0 Å². The van der Waals surface area contributed by atoms with Crippen LogP contribution in [0.5, 0.6) is 0 Å². The zero-order valence-corrected chi connectivity index (χ0v) is 18.9. The van der Waals surface area contributed by atoms with Gasteiger partial charge in [0.15, 0.2) is 0 Å². The molecule has 0 saturated heterocycles. The zero-order valence-electron chi connectivity index (χ0n) is 16.6. The molecule has 0 aliphatic heterocycles. The van der Waals surface area contributed by atoms with Crippen molar-refractivity contribution in [3.63, 3.8) is 0 Å². The summed E-state index contributed by atoms with van der Waals surface area (Å²) in [4.78, 5) is 9.36. The monoisotopic (exact) mass is 577 g/mol. The number of hydrogen-bond donors (Lipinski definition) is 0. The van der Waals surface area contributed by atoms with Gasteiger partial charge in [0, 0.05) is 17.6 Å². The Morgan fingerprint density at radius 3 is 2.45 bits per heavy atom. The molecule has 0 saturated carbocycles. The second-order valence-electron chi connectivity index (χ2n) is 6.95. The van der Waals surface area contributed by atoms with E-state index >= 15 is 0 Å². The first-order chi connectivity index (χ1) is 14.9. The van der Waals surface area contributed by atoms with Crippen LogP contribution in [0.25, 0.3) is 33.2 Å². The summed E-state index contributed by atoms with van der Waals surface area (Å²) >= 11 is 0. The summed E-state index contributed by atoms with van der Waals surface area (Å²) in [5, 5.41) is 2.29. The van der Waals surface area contributed by atoms with E-state index in [-0.39, 0.29) is 21.1 Å². The number of aliphatic imine (C=N–C) groups is 1. The minimum absolute atomic E-state index is 0. The van der Waals surface area contributed by atoms with Crippen molar-refractivity contribution in [1.29, 1.82) is 0 Å². The van der Waals surface area contributed by atoms with Gasteiger partial charge in [0.25, 0.3) is 0 Å². The van der Waals surface area contributed by atoms with Crippen molar-refractivity contribution < 1.29 is 21.1 Å². The van der Waals surface area contributed by atoms with Crippen LogP contribution in [0.15, 0.2) is 108 Å². The smallest absolute Gasteiger partial charge is 0.304 e. The van der Waals surface area contributed by atoms with Gasteiger partial charge in [-0.2, -0.15) is 0 Å². The van der Waals surface area contributed by atoms with Crippen molar-refractivity contribution in [2.45, 2.75) is 0 Å². The van der Waals surface area contributed by atoms with E-state index in [0.717, 1.165) is 39.0 Å². The normalized spacial score (nSPS) is 10.8. The molecule has 5 rings (SSSR count). The summed E-state index contributed by atoms with van der Waals surface area (Å²) in [5.41, 5.74) is 5.79. The molecule has 0 bridgehead atoms.